The van der Waals surface area contributed by atoms with Crippen LogP contribution >= 0.6 is 15.9 Å². The Kier molecular flexibility index (Phi) is 6.46. The number of benzene rings is 3. The number of nitrogens with one attached hydrogen (secondary N) is 1. The molecule has 2 amide bonds. The molecule has 3 aromatic carbocycles. The van der Waals surface area contributed by atoms with Crippen LogP contribution in [0.1, 0.15) is 22.8 Å². The fourth-order valence-corrected chi connectivity index (χ4v) is 3.91. The summed E-state index contributed by atoms with van der Waals surface area (Å²) in [5, 5.41) is 2.88. The number of carbonyl (C=O) groups is 2. The van der Waals surface area contributed by atoms with Crippen molar-refractivity contribution in [3.05, 3.63) is 82.3 Å². The van der Waals surface area contributed by atoms with Crippen LogP contribution in [0.3, 0.4) is 0 Å². The summed E-state index contributed by atoms with van der Waals surface area (Å²) in [6.45, 7) is 4.45. The van der Waals surface area contributed by atoms with Crippen molar-refractivity contribution in [2.75, 3.05) is 23.4 Å². The molecule has 1 unspecified atom stereocenters. The topological polar surface area (TPSA) is 67.9 Å². The number of carbonyl (C=O) groups excluding carboxylic acids is 2. The number of rotatable bonds is 6. The van der Waals surface area contributed by atoms with E-state index in [2.05, 4.69) is 21.2 Å². The van der Waals surface area contributed by atoms with Crippen molar-refractivity contribution in [2.24, 2.45) is 0 Å². The molecule has 6 nitrogen and oxygen atoms in total. The van der Waals surface area contributed by atoms with Crippen molar-refractivity contribution in [3.8, 4) is 11.5 Å². The highest BCUT2D eigenvalue weighted by Gasteiger charge is 2.31. The van der Waals surface area contributed by atoms with E-state index in [1.165, 1.54) is 0 Å². The van der Waals surface area contributed by atoms with Gasteiger partial charge in [0, 0.05) is 21.8 Å². The van der Waals surface area contributed by atoms with Crippen molar-refractivity contribution in [1.82, 2.24) is 0 Å². The predicted molar refractivity (Wildman–Crippen MR) is 128 cm³/mol. The largest absolute Gasteiger partial charge is 0.492 e. The first-order chi connectivity index (χ1) is 15.4. The van der Waals surface area contributed by atoms with Gasteiger partial charge in [-0.1, -0.05) is 34.1 Å². The van der Waals surface area contributed by atoms with E-state index in [4.69, 9.17) is 9.47 Å². The molecule has 7 heteroatoms. The monoisotopic (exact) mass is 494 g/mol. The van der Waals surface area contributed by atoms with E-state index in [1.807, 2.05) is 37.3 Å². The molecule has 1 N–H and O–H groups in total. The van der Waals surface area contributed by atoms with Gasteiger partial charge in [-0.05, 0) is 61.9 Å². The van der Waals surface area contributed by atoms with Gasteiger partial charge in [0.05, 0.1) is 12.2 Å². The summed E-state index contributed by atoms with van der Waals surface area (Å²) >= 11 is 3.38. The van der Waals surface area contributed by atoms with E-state index < -0.39 is 6.10 Å². The van der Waals surface area contributed by atoms with Crippen molar-refractivity contribution in [1.29, 1.82) is 0 Å². The summed E-state index contributed by atoms with van der Waals surface area (Å²) in [4.78, 5) is 27.0. The van der Waals surface area contributed by atoms with Crippen LogP contribution in [0.5, 0.6) is 11.5 Å². The lowest BCUT2D eigenvalue weighted by Gasteiger charge is -2.33. The highest BCUT2D eigenvalue weighted by atomic mass is 79.9. The molecule has 164 valence electrons. The fraction of sp³-hybridized carbons (Fsp3) is 0.200. The van der Waals surface area contributed by atoms with Crippen molar-refractivity contribution < 1.29 is 19.1 Å². The number of fused-ring (bicyclic) bond motifs is 1. The Morgan fingerprint density at radius 3 is 2.72 bits per heavy atom. The first-order valence-corrected chi connectivity index (χ1v) is 11.1. The zero-order valence-electron chi connectivity index (χ0n) is 17.8. The zero-order chi connectivity index (χ0) is 22.7. The number of halogens is 1. The Bertz CT molecular complexity index is 1160. The number of nitrogens with zero attached hydrogens (tertiary/aromatic N) is 1. The van der Waals surface area contributed by atoms with E-state index in [0.717, 1.165) is 15.8 Å². The number of hydrogen-bond donors (Lipinski definition) is 1. The zero-order valence-corrected chi connectivity index (χ0v) is 19.4. The molecule has 0 aromatic heterocycles. The number of anilines is 2. The minimum Gasteiger partial charge on any atom is -0.492 e. The average molecular weight is 495 g/mol. The Hall–Kier alpha value is -3.32. The Balaban J connectivity index is 1.48. The van der Waals surface area contributed by atoms with Gasteiger partial charge >= 0.3 is 0 Å². The molecule has 0 saturated heterocycles. The first-order valence-electron chi connectivity index (χ1n) is 10.3. The van der Waals surface area contributed by atoms with Crippen molar-refractivity contribution in [3.63, 3.8) is 0 Å². The first kappa shape index (κ1) is 21.9. The number of ether oxygens (including phenoxy) is 2. The molecular weight excluding hydrogens is 472 g/mol. The van der Waals surface area contributed by atoms with E-state index in [1.54, 1.807) is 48.2 Å². The van der Waals surface area contributed by atoms with Crippen molar-refractivity contribution >= 4 is 39.1 Å². The lowest BCUT2D eigenvalue weighted by atomic mass is 10.1. The summed E-state index contributed by atoms with van der Waals surface area (Å²) in [5.74, 6) is 0.954. The summed E-state index contributed by atoms with van der Waals surface area (Å²) in [6, 6.07) is 20.2. The maximum atomic E-state index is 12.7. The van der Waals surface area contributed by atoms with Gasteiger partial charge < -0.3 is 19.7 Å². The van der Waals surface area contributed by atoms with Gasteiger partial charge in [0.15, 0.2) is 6.10 Å². The standard InChI is InChI=1S/C25H23BrN2O4/c1-16-5-3-8-21(13-16)31-12-11-28-22-10-9-20(15-23(22)32-17(2)25(28)30)27-24(29)18-6-4-7-19(26)14-18/h3-10,13-15,17H,11-12H2,1-2H3,(H,27,29). The molecule has 1 heterocycles. The van der Waals surface area contributed by atoms with Gasteiger partial charge in [-0.15, -0.1) is 0 Å². The van der Waals surface area contributed by atoms with Gasteiger partial charge in [-0.3, -0.25) is 9.59 Å². The lowest BCUT2D eigenvalue weighted by Crippen LogP contribution is -2.46. The van der Waals surface area contributed by atoms with Crippen LogP contribution in [0.25, 0.3) is 0 Å². The predicted octanol–water partition coefficient (Wildman–Crippen LogP) is 5.20. The summed E-state index contributed by atoms with van der Waals surface area (Å²) in [7, 11) is 0. The minimum atomic E-state index is -0.627. The third-order valence-corrected chi connectivity index (χ3v) is 5.58. The van der Waals surface area contributed by atoms with E-state index in [-0.39, 0.29) is 11.8 Å². The summed E-state index contributed by atoms with van der Waals surface area (Å²) < 4.78 is 12.5. The molecule has 0 saturated carbocycles. The van der Waals surface area contributed by atoms with Gasteiger partial charge in [-0.2, -0.15) is 0 Å². The van der Waals surface area contributed by atoms with E-state index in [9.17, 15) is 9.59 Å². The molecule has 0 radical (unpaired) electrons. The second kappa shape index (κ2) is 9.44. The quantitative estimate of drug-likeness (QED) is 0.511. The Morgan fingerprint density at radius 2 is 1.94 bits per heavy atom. The second-order valence-corrected chi connectivity index (χ2v) is 8.48. The second-order valence-electron chi connectivity index (χ2n) is 7.56. The molecule has 0 aliphatic carbocycles. The Labute approximate surface area is 195 Å². The lowest BCUT2D eigenvalue weighted by molar-refractivity contribution is -0.125. The summed E-state index contributed by atoms with van der Waals surface area (Å²) in [5.41, 5.74) is 2.89. The average Bonchev–Trinajstić information content (AvgIpc) is 2.76. The molecule has 1 atom stereocenters. The molecule has 1 aliphatic heterocycles. The van der Waals surface area contributed by atoms with Gasteiger partial charge in [0.2, 0.25) is 0 Å². The molecule has 4 rings (SSSR count). The van der Waals surface area contributed by atoms with Gasteiger partial charge in [0.1, 0.15) is 18.1 Å². The smallest absolute Gasteiger partial charge is 0.267 e. The third kappa shape index (κ3) is 4.94. The third-order valence-electron chi connectivity index (χ3n) is 5.09. The van der Waals surface area contributed by atoms with Gasteiger partial charge in [0.25, 0.3) is 11.8 Å². The van der Waals surface area contributed by atoms with Crippen LogP contribution in [0.4, 0.5) is 11.4 Å². The van der Waals surface area contributed by atoms with Crippen LogP contribution in [0.2, 0.25) is 0 Å². The van der Waals surface area contributed by atoms with Crippen molar-refractivity contribution in [2.45, 2.75) is 20.0 Å². The normalized spacial score (nSPS) is 15.0. The highest BCUT2D eigenvalue weighted by Crippen LogP contribution is 2.36. The SMILES string of the molecule is Cc1cccc(OCCN2C(=O)C(C)Oc3cc(NC(=O)c4cccc(Br)c4)ccc32)c1. The number of amides is 2. The molecule has 0 spiro atoms. The number of hydrogen-bond acceptors (Lipinski definition) is 4. The van der Waals surface area contributed by atoms with E-state index >= 15 is 0 Å². The van der Waals surface area contributed by atoms with Crippen LogP contribution in [-0.4, -0.2) is 31.1 Å². The van der Waals surface area contributed by atoms with Gasteiger partial charge in [-0.25, -0.2) is 0 Å². The molecule has 3 aromatic rings. The summed E-state index contributed by atoms with van der Waals surface area (Å²) in [6.07, 6.45) is -0.627. The van der Waals surface area contributed by atoms with Crippen LogP contribution in [0, 0.1) is 6.92 Å². The van der Waals surface area contributed by atoms with Crippen LogP contribution in [0.15, 0.2) is 71.2 Å². The van der Waals surface area contributed by atoms with Crippen LogP contribution < -0.4 is 19.7 Å². The maximum absolute atomic E-state index is 12.7. The molecule has 32 heavy (non-hydrogen) atoms. The minimum absolute atomic E-state index is 0.128. The highest BCUT2D eigenvalue weighted by molar-refractivity contribution is 9.10. The molecule has 0 fully saturated rings. The fourth-order valence-electron chi connectivity index (χ4n) is 3.51. The molecule has 0 bridgehead atoms. The molecular formula is C25H23BrN2O4. The maximum Gasteiger partial charge on any atom is 0.267 e. The molecule has 1 aliphatic rings. The van der Waals surface area contributed by atoms with E-state index in [0.29, 0.717) is 35.8 Å². The Morgan fingerprint density at radius 1 is 1.12 bits per heavy atom. The number of aryl methyl sites for hydroxylation is 1. The van der Waals surface area contributed by atoms with Crippen LogP contribution in [-0.2, 0) is 4.79 Å².